The number of carbonyl (C=O) groups is 3. The van der Waals surface area contributed by atoms with Crippen molar-refractivity contribution in [1.29, 1.82) is 0 Å². The molecule has 3 rings (SSSR count). The van der Waals surface area contributed by atoms with Gasteiger partial charge in [-0.25, -0.2) is 4.79 Å². The number of ketones is 2. The fraction of sp³-hybridized carbons (Fsp3) is 0.550. The van der Waals surface area contributed by atoms with Gasteiger partial charge in [0.05, 0.1) is 0 Å². The molecule has 2 heterocycles. The highest BCUT2D eigenvalue weighted by atomic mass is 16.7. The van der Waals surface area contributed by atoms with Crippen LogP contribution >= 0.6 is 0 Å². The number of esters is 1. The predicted octanol–water partition coefficient (Wildman–Crippen LogP) is 2.85. The first-order valence-corrected chi connectivity index (χ1v) is 8.70. The maximum atomic E-state index is 12.4. The number of carbonyl (C=O) groups excluding carboxylic acids is 3. The Kier molecular flexibility index (Phi) is 4.54. The number of allylic oxidation sites excluding steroid dienone is 4. The summed E-state index contributed by atoms with van der Waals surface area (Å²) in [5, 5.41) is 0. The van der Waals surface area contributed by atoms with E-state index in [0.717, 1.165) is 11.1 Å². The van der Waals surface area contributed by atoms with Crippen LogP contribution in [0.3, 0.4) is 0 Å². The summed E-state index contributed by atoms with van der Waals surface area (Å²) < 4.78 is 11.2. The molecule has 2 fully saturated rings. The molecule has 5 heteroatoms. The van der Waals surface area contributed by atoms with Crippen LogP contribution in [-0.4, -0.2) is 35.3 Å². The quantitative estimate of drug-likeness (QED) is 0.415. The van der Waals surface area contributed by atoms with Gasteiger partial charge in [-0.2, -0.15) is 0 Å². The average Bonchev–Trinajstić information content (AvgIpc) is 3.19. The van der Waals surface area contributed by atoms with Crippen LogP contribution in [0.4, 0.5) is 0 Å². The number of epoxide rings is 1. The van der Waals surface area contributed by atoms with Crippen LogP contribution in [0.1, 0.15) is 46.5 Å². The van der Waals surface area contributed by atoms with Gasteiger partial charge < -0.3 is 9.47 Å². The monoisotopic (exact) mass is 344 g/mol. The van der Waals surface area contributed by atoms with Crippen molar-refractivity contribution < 1.29 is 23.9 Å². The molecule has 134 valence electrons. The van der Waals surface area contributed by atoms with Gasteiger partial charge in [0.1, 0.15) is 12.2 Å². The molecule has 2 aliphatic heterocycles. The molecule has 0 N–H and O–H groups in total. The lowest BCUT2D eigenvalue weighted by Crippen LogP contribution is -2.24. The molecule has 1 aliphatic carbocycles. The van der Waals surface area contributed by atoms with E-state index >= 15 is 0 Å². The molecule has 4 atom stereocenters. The summed E-state index contributed by atoms with van der Waals surface area (Å²) in [6, 6.07) is 0. The van der Waals surface area contributed by atoms with Crippen molar-refractivity contribution in [3.05, 3.63) is 35.5 Å². The third-order valence-corrected chi connectivity index (χ3v) is 5.38. The average molecular weight is 344 g/mol. The first kappa shape index (κ1) is 17.8. The van der Waals surface area contributed by atoms with Crippen molar-refractivity contribution in [2.45, 2.75) is 64.3 Å². The molecular weight excluding hydrogens is 320 g/mol. The Balaban J connectivity index is 1.90. The van der Waals surface area contributed by atoms with Crippen molar-refractivity contribution in [3.8, 4) is 0 Å². The Bertz CT molecular complexity index is 714. The molecular formula is C20H24O5. The van der Waals surface area contributed by atoms with Crippen LogP contribution in [0.25, 0.3) is 0 Å². The number of hydrogen-bond acceptors (Lipinski definition) is 5. The molecule has 0 aromatic carbocycles. The van der Waals surface area contributed by atoms with Crippen molar-refractivity contribution in [3.63, 3.8) is 0 Å². The Morgan fingerprint density at radius 1 is 1.20 bits per heavy atom. The Morgan fingerprint density at radius 3 is 2.56 bits per heavy atom. The van der Waals surface area contributed by atoms with Crippen LogP contribution in [-0.2, 0) is 23.9 Å². The van der Waals surface area contributed by atoms with Gasteiger partial charge in [-0.3, -0.25) is 9.59 Å². The summed E-state index contributed by atoms with van der Waals surface area (Å²) in [5.74, 6) is -0.656. The van der Waals surface area contributed by atoms with E-state index in [1.807, 2.05) is 13.8 Å². The molecule has 0 aromatic rings. The molecule has 2 saturated heterocycles. The van der Waals surface area contributed by atoms with Crippen LogP contribution in [0.5, 0.6) is 0 Å². The first-order chi connectivity index (χ1) is 11.7. The first-order valence-electron chi connectivity index (χ1n) is 8.70. The third kappa shape index (κ3) is 3.38. The molecule has 0 amide bonds. The zero-order chi connectivity index (χ0) is 18.4. The smallest absolute Gasteiger partial charge is 0.341 e. The van der Waals surface area contributed by atoms with Gasteiger partial charge in [-0.1, -0.05) is 17.7 Å². The van der Waals surface area contributed by atoms with Gasteiger partial charge in [0, 0.05) is 12.8 Å². The summed E-state index contributed by atoms with van der Waals surface area (Å²) in [6.45, 7) is 9.35. The number of rotatable bonds is 1. The maximum absolute atomic E-state index is 12.4. The normalized spacial score (nSPS) is 40.1. The molecule has 0 spiro atoms. The van der Waals surface area contributed by atoms with Crippen LogP contribution in [0, 0.1) is 5.92 Å². The highest BCUT2D eigenvalue weighted by Gasteiger charge is 2.72. The van der Waals surface area contributed by atoms with Crippen LogP contribution in [0.15, 0.2) is 35.5 Å². The van der Waals surface area contributed by atoms with E-state index < -0.39 is 5.60 Å². The van der Waals surface area contributed by atoms with Crippen LogP contribution in [0.2, 0.25) is 0 Å². The van der Waals surface area contributed by atoms with Crippen molar-refractivity contribution in [2.24, 2.45) is 5.92 Å². The summed E-state index contributed by atoms with van der Waals surface area (Å²) in [4.78, 5) is 36.9. The predicted molar refractivity (Wildman–Crippen MR) is 91.8 cm³/mol. The SMILES string of the molecule is C=C(C)[C@H]1CC[C@@]23O[C@@H]2[C@@H](C/C(C)=C\C(=O)/C=C(/C)C(=O)C1)OC3=O. The Labute approximate surface area is 147 Å². The highest BCUT2D eigenvalue weighted by Crippen LogP contribution is 2.52. The zero-order valence-corrected chi connectivity index (χ0v) is 15.0. The van der Waals surface area contributed by atoms with E-state index in [2.05, 4.69) is 6.58 Å². The highest BCUT2D eigenvalue weighted by molar-refractivity contribution is 6.06. The van der Waals surface area contributed by atoms with Gasteiger partial charge in [-0.05, 0) is 57.3 Å². The lowest BCUT2D eigenvalue weighted by molar-refractivity contribution is -0.154. The molecule has 25 heavy (non-hydrogen) atoms. The molecule has 0 radical (unpaired) electrons. The van der Waals surface area contributed by atoms with E-state index in [0.29, 0.717) is 24.8 Å². The Hall–Kier alpha value is -2.01. The number of ether oxygens (including phenoxy) is 2. The summed E-state index contributed by atoms with van der Waals surface area (Å²) in [5.41, 5.74) is 1.29. The summed E-state index contributed by atoms with van der Waals surface area (Å²) in [6.07, 6.45) is 4.20. The molecule has 5 nitrogen and oxygen atoms in total. The largest absolute Gasteiger partial charge is 0.457 e. The minimum absolute atomic E-state index is 0.0442. The van der Waals surface area contributed by atoms with E-state index in [1.165, 1.54) is 12.2 Å². The molecule has 0 aromatic heterocycles. The van der Waals surface area contributed by atoms with Gasteiger partial charge in [0.2, 0.25) is 0 Å². The molecule has 0 saturated carbocycles. The fourth-order valence-corrected chi connectivity index (χ4v) is 3.73. The third-order valence-electron chi connectivity index (χ3n) is 5.38. The van der Waals surface area contributed by atoms with Crippen molar-refractivity contribution in [1.82, 2.24) is 0 Å². The van der Waals surface area contributed by atoms with Crippen molar-refractivity contribution >= 4 is 17.5 Å². The standard InChI is InChI=1S/C20H24O5/c1-11(2)14-5-6-20-18(25-20)17(24-19(20)23)8-12(3)7-15(21)9-13(4)16(22)10-14/h7,9,14,17-18H,1,5-6,8,10H2,2-4H3/b12-7-,13-9-/t14-,17+,18+,20+/m0/s1. The lowest BCUT2D eigenvalue weighted by atomic mass is 9.85. The summed E-state index contributed by atoms with van der Waals surface area (Å²) in [7, 11) is 0. The minimum atomic E-state index is -0.860. The van der Waals surface area contributed by atoms with Crippen molar-refractivity contribution in [2.75, 3.05) is 0 Å². The number of hydrogen-bond donors (Lipinski definition) is 0. The van der Waals surface area contributed by atoms with Crippen LogP contribution < -0.4 is 0 Å². The van der Waals surface area contributed by atoms with Gasteiger partial charge in [-0.15, -0.1) is 0 Å². The van der Waals surface area contributed by atoms with E-state index in [9.17, 15) is 14.4 Å². The second-order valence-electron chi connectivity index (χ2n) is 7.51. The number of Topliss-reactive ketones (excluding diaryl/α,β-unsaturated/α-hetero) is 1. The van der Waals surface area contributed by atoms with E-state index in [4.69, 9.17) is 9.47 Å². The van der Waals surface area contributed by atoms with E-state index in [-0.39, 0.29) is 42.1 Å². The fourth-order valence-electron chi connectivity index (χ4n) is 3.73. The minimum Gasteiger partial charge on any atom is -0.457 e. The molecule has 0 unspecified atom stereocenters. The topological polar surface area (TPSA) is 73.0 Å². The van der Waals surface area contributed by atoms with E-state index in [1.54, 1.807) is 6.92 Å². The Morgan fingerprint density at radius 2 is 1.92 bits per heavy atom. The summed E-state index contributed by atoms with van der Waals surface area (Å²) >= 11 is 0. The lowest BCUT2D eigenvalue weighted by Gasteiger charge is -2.17. The van der Waals surface area contributed by atoms with Gasteiger partial charge >= 0.3 is 5.97 Å². The molecule has 2 bridgehead atoms. The second-order valence-corrected chi connectivity index (χ2v) is 7.51. The van der Waals surface area contributed by atoms with Gasteiger partial charge in [0.25, 0.3) is 0 Å². The molecule has 3 aliphatic rings. The zero-order valence-electron chi connectivity index (χ0n) is 15.0. The van der Waals surface area contributed by atoms with Gasteiger partial charge in [0.15, 0.2) is 17.2 Å². The maximum Gasteiger partial charge on any atom is 0.341 e. The second kappa shape index (κ2) is 6.37.